The average molecular weight is 380 g/mol. The average Bonchev–Trinajstić information content (AvgIpc) is 3.10. The molecule has 1 N–H and O–H groups in total. The van der Waals surface area contributed by atoms with Crippen molar-refractivity contribution in [3.63, 3.8) is 0 Å². The van der Waals surface area contributed by atoms with Gasteiger partial charge in [-0.1, -0.05) is 5.16 Å². The molecule has 1 aliphatic carbocycles. The van der Waals surface area contributed by atoms with E-state index in [1.165, 1.54) is 0 Å². The first-order chi connectivity index (χ1) is 13.0. The maximum atomic E-state index is 13.4. The van der Waals surface area contributed by atoms with Gasteiger partial charge in [0.1, 0.15) is 11.6 Å². The van der Waals surface area contributed by atoms with Gasteiger partial charge in [0.2, 0.25) is 11.7 Å². The predicted octanol–water partition coefficient (Wildman–Crippen LogP) is 2.66. The maximum absolute atomic E-state index is 13.4. The number of ether oxygens (including phenoxy) is 1. The Bertz CT molecular complexity index is 783. The Balaban J connectivity index is 1.59. The second-order valence-electron chi connectivity index (χ2n) is 6.96. The Morgan fingerprint density at radius 3 is 2.56 bits per heavy atom. The van der Waals surface area contributed by atoms with Gasteiger partial charge < -0.3 is 19.5 Å². The molecule has 2 aromatic rings. The Hall–Kier alpha value is -2.36. The fourth-order valence-electron chi connectivity index (χ4n) is 3.34. The smallest absolute Gasteiger partial charge is 0.295 e. The fraction of sp³-hybridized carbons (Fsp3) is 0.647. The van der Waals surface area contributed by atoms with Crippen LogP contribution in [0.4, 0.5) is 20.4 Å². The summed E-state index contributed by atoms with van der Waals surface area (Å²) in [6.07, 6.45) is 0.585. The first kappa shape index (κ1) is 18.0. The Labute approximate surface area is 155 Å². The minimum atomic E-state index is -2.56. The molecule has 0 spiro atoms. The zero-order valence-corrected chi connectivity index (χ0v) is 15.1. The summed E-state index contributed by atoms with van der Waals surface area (Å²) in [5.74, 6) is -0.205. The van der Waals surface area contributed by atoms with E-state index in [0.29, 0.717) is 56.6 Å². The van der Waals surface area contributed by atoms with E-state index in [1.54, 1.807) is 6.92 Å². The Morgan fingerprint density at radius 1 is 1.15 bits per heavy atom. The molecule has 1 saturated carbocycles. The molecule has 3 heterocycles. The molecule has 1 aliphatic heterocycles. The summed E-state index contributed by atoms with van der Waals surface area (Å²) in [4.78, 5) is 15.3. The maximum Gasteiger partial charge on any atom is 0.295 e. The third-order valence-electron chi connectivity index (χ3n) is 4.84. The lowest BCUT2D eigenvalue weighted by Gasteiger charge is -2.30. The standard InChI is InChI=1S/C17H22F2N6O2/c1-11-20-16(27-24-11)15-22-13(21-12-2-4-17(18,19)5-3-12)10-14(23-15)25-6-8-26-9-7-25/h10,12H,2-9H2,1H3,(H,21,22,23). The number of hydrogen-bond donors (Lipinski definition) is 1. The molecule has 0 unspecified atom stereocenters. The molecule has 0 amide bonds. The van der Waals surface area contributed by atoms with Crippen LogP contribution in [0.2, 0.25) is 0 Å². The van der Waals surface area contributed by atoms with E-state index < -0.39 is 5.92 Å². The normalized spacial score (nSPS) is 20.6. The van der Waals surface area contributed by atoms with Crippen LogP contribution in [0.15, 0.2) is 10.6 Å². The van der Waals surface area contributed by atoms with E-state index in [0.717, 1.165) is 5.82 Å². The molecule has 8 nitrogen and oxygen atoms in total. The van der Waals surface area contributed by atoms with Crippen LogP contribution in [-0.4, -0.2) is 58.4 Å². The van der Waals surface area contributed by atoms with Gasteiger partial charge in [0.05, 0.1) is 13.2 Å². The van der Waals surface area contributed by atoms with Gasteiger partial charge in [-0.15, -0.1) is 0 Å². The first-order valence-corrected chi connectivity index (χ1v) is 9.15. The van der Waals surface area contributed by atoms with E-state index in [9.17, 15) is 8.78 Å². The lowest BCUT2D eigenvalue weighted by atomic mass is 9.92. The number of nitrogens with one attached hydrogen (secondary N) is 1. The Morgan fingerprint density at radius 2 is 1.89 bits per heavy atom. The number of rotatable bonds is 4. The quantitative estimate of drug-likeness (QED) is 0.866. The number of aryl methyl sites for hydroxylation is 1. The zero-order chi connectivity index (χ0) is 18.9. The van der Waals surface area contributed by atoms with Gasteiger partial charge in [0, 0.05) is 38.0 Å². The van der Waals surface area contributed by atoms with Crippen molar-refractivity contribution >= 4 is 11.6 Å². The summed E-state index contributed by atoms with van der Waals surface area (Å²) in [7, 11) is 0. The molecule has 2 aliphatic rings. The molecule has 2 aromatic heterocycles. The summed E-state index contributed by atoms with van der Waals surface area (Å²) < 4.78 is 37.4. The van der Waals surface area contributed by atoms with Crippen molar-refractivity contribution in [2.45, 2.75) is 44.6 Å². The van der Waals surface area contributed by atoms with Crippen LogP contribution in [0.25, 0.3) is 11.7 Å². The number of hydrogen-bond acceptors (Lipinski definition) is 8. The van der Waals surface area contributed by atoms with Crippen molar-refractivity contribution in [3.8, 4) is 11.7 Å². The van der Waals surface area contributed by atoms with Crippen molar-refractivity contribution in [1.29, 1.82) is 0 Å². The highest BCUT2D eigenvalue weighted by Crippen LogP contribution is 2.34. The van der Waals surface area contributed by atoms with Crippen molar-refractivity contribution < 1.29 is 18.0 Å². The van der Waals surface area contributed by atoms with Gasteiger partial charge in [-0.3, -0.25) is 0 Å². The number of anilines is 2. The van der Waals surface area contributed by atoms with Crippen LogP contribution in [0.3, 0.4) is 0 Å². The molecule has 27 heavy (non-hydrogen) atoms. The second kappa shape index (κ2) is 7.34. The highest BCUT2D eigenvalue weighted by molar-refractivity contribution is 5.56. The molecule has 2 fully saturated rings. The van der Waals surface area contributed by atoms with Crippen LogP contribution >= 0.6 is 0 Å². The summed E-state index contributed by atoms with van der Waals surface area (Å²) >= 11 is 0. The monoisotopic (exact) mass is 380 g/mol. The zero-order valence-electron chi connectivity index (χ0n) is 15.1. The lowest BCUT2D eigenvalue weighted by Crippen LogP contribution is -2.37. The van der Waals surface area contributed by atoms with Crippen LogP contribution in [0.5, 0.6) is 0 Å². The van der Waals surface area contributed by atoms with Gasteiger partial charge in [-0.2, -0.15) is 4.98 Å². The van der Waals surface area contributed by atoms with Crippen LogP contribution < -0.4 is 10.2 Å². The molecule has 0 atom stereocenters. The van der Waals surface area contributed by atoms with Crippen LogP contribution in [-0.2, 0) is 4.74 Å². The van der Waals surface area contributed by atoms with Crippen molar-refractivity contribution in [3.05, 3.63) is 11.9 Å². The van der Waals surface area contributed by atoms with Gasteiger partial charge in [-0.05, 0) is 19.8 Å². The van der Waals surface area contributed by atoms with E-state index in [1.807, 2.05) is 6.07 Å². The molecule has 0 aromatic carbocycles. The first-order valence-electron chi connectivity index (χ1n) is 9.15. The highest BCUT2D eigenvalue weighted by atomic mass is 19.3. The Kier molecular flexibility index (Phi) is 4.90. The number of morpholine rings is 1. The molecular weight excluding hydrogens is 358 g/mol. The van der Waals surface area contributed by atoms with E-state index in [2.05, 4.69) is 30.3 Å². The molecule has 146 valence electrons. The molecule has 0 radical (unpaired) electrons. The summed E-state index contributed by atoms with van der Waals surface area (Å²) in [6.45, 7) is 4.40. The van der Waals surface area contributed by atoms with E-state index in [-0.39, 0.29) is 24.8 Å². The third-order valence-corrected chi connectivity index (χ3v) is 4.84. The molecule has 0 bridgehead atoms. The molecule has 4 rings (SSSR count). The third kappa shape index (κ3) is 4.32. The van der Waals surface area contributed by atoms with E-state index >= 15 is 0 Å². The summed E-state index contributed by atoms with van der Waals surface area (Å²) in [6, 6.07) is 1.79. The number of nitrogens with zero attached hydrogens (tertiary/aromatic N) is 5. The summed E-state index contributed by atoms with van der Waals surface area (Å²) in [5.41, 5.74) is 0. The fourth-order valence-corrected chi connectivity index (χ4v) is 3.34. The van der Waals surface area contributed by atoms with Gasteiger partial charge in [-0.25, -0.2) is 18.7 Å². The van der Waals surface area contributed by atoms with Crippen molar-refractivity contribution in [1.82, 2.24) is 20.1 Å². The topological polar surface area (TPSA) is 89.2 Å². The van der Waals surface area contributed by atoms with Crippen LogP contribution in [0.1, 0.15) is 31.5 Å². The lowest BCUT2D eigenvalue weighted by molar-refractivity contribution is -0.0361. The van der Waals surface area contributed by atoms with Crippen molar-refractivity contribution in [2.24, 2.45) is 0 Å². The molecule has 1 saturated heterocycles. The SMILES string of the molecule is Cc1noc(-c2nc(NC3CCC(F)(F)CC3)cc(N3CCOCC3)n2)n1. The van der Waals surface area contributed by atoms with Gasteiger partial charge in [0.25, 0.3) is 5.89 Å². The van der Waals surface area contributed by atoms with Gasteiger partial charge in [0.15, 0.2) is 5.82 Å². The number of halogens is 2. The molecular formula is C17H22F2N6O2. The highest BCUT2D eigenvalue weighted by Gasteiger charge is 2.35. The van der Waals surface area contributed by atoms with Gasteiger partial charge >= 0.3 is 0 Å². The van der Waals surface area contributed by atoms with Crippen molar-refractivity contribution in [2.75, 3.05) is 36.5 Å². The minimum Gasteiger partial charge on any atom is -0.378 e. The number of alkyl halides is 2. The second-order valence-corrected chi connectivity index (χ2v) is 6.96. The number of aromatic nitrogens is 4. The largest absolute Gasteiger partial charge is 0.378 e. The summed E-state index contributed by atoms with van der Waals surface area (Å²) in [5, 5.41) is 7.08. The molecule has 10 heteroatoms. The predicted molar refractivity (Wildman–Crippen MR) is 93.9 cm³/mol. The minimum absolute atomic E-state index is 0.0469. The van der Waals surface area contributed by atoms with E-state index in [4.69, 9.17) is 9.26 Å². The van der Waals surface area contributed by atoms with Crippen LogP contribution in [0, 0.1) is 6.92 Å².